The molecule has 1 aromatic rings. The van der Waals surface area contributed by atoms with Crippen molar-refractivity contribution >= 4 is 6.03 Å². The summed E-state index contributed by atoms with van der Waals surface area (Å²) in [6, 6.07) is 4.32. The SMILES string of the molecule is CCOc1cc(CNC(=O)NCCN(CC)CC)ccc1OC(F)F. The van der Waals surface area contributed by atoms with Crippen LogP contribution < -0.4 is 20.1 Å². The molecular weight excluding hydrogens is 332 g/mol. The highest BCUT2D eigenvalue weighted by Gasteiger charge is 2.12. The lowest BCUT2D eigenvalue weighted by Gasteiger charge is -2.18. The Morgan fingerprint density at radius 3 is 2.48 bits per heavy atom. The molecule has 1 rings (SSSR count). The molecule has 6 nitrogen and oxygen atoms in total. The molecule has 25 heavy (non-hydrogen) atoms. The minimum atomic E-state index is -2.92. The lowest BCUT2D eigenvalue weighted by Crippen LogP contribution is -2.40. The van der Waals surface area contributed by atoms with Crippen LogP contribution >= 0.6 is 0 Å². The summed E-state index contributed by atoms with van der Waals surface area (Å²) in [6.45, 7) is 6.77. The smallest absolute Gasteiger partial charge is 0.387 e. The average molecular weight is 359 g/mol. The zero-order chi connectivity index (χ0) is 18.7. The minimum absolute atomic E-state index is 0.0238. The quantitative estimate of drug-likeness (QED) is 0.638. The van der Waals surface area contributed by atoms with Gasteiger partial charge in [0.15, 0.2) is 11.5 Å². The number of likely N-dealkylation sites (N-methyl/N-ethyl adjacent to an activating group) is 1. The first-order valence-electron chi connectivity index (χ1n) is 8.44. The van der Waals surface area contributed by atoms with Crippen molar-refractivity contribution in [3.8, 4) is 11.5 Å². The van der Waals surface area contributed by atoms with Crippen molar-refractivity contribution in [2.24, 2.45) is 0 Å². The fourth-order valence-electron chi connectivity index (χ4n) is 2.24. The molecule has 0 atom stereocenters. The van der Waals surface area contributed by atoms with Crippen molar-refractivity contribution in [1.82, 2.24) is 15.5 Å². The molecule has 0 aliphatic carbocycles. The Bertz CT molecular complexity index is 526. The van der Waals surface area contributed by atoms with Crippen LogP contribution in [0.15, 0.2) is 18.2 Å². The number of benzene rings is 1. The third-order valence-corrected chi connectivity index (χ3v) is 3.59. The first kappa shape index (κ1) is 21.0. The average Bonchev–Trinajstić information content (AvgIpc) is 2.58. The van der Waals surface area contributed by atoms with Crippen LogP contribution in [-0.2, 0) is 6.54 Å². The van der Waals surface area contributed by atoms with Gasteiger partial charge in [-0.1, -0.05) is 19.9 Å². The number of urea groups is 1. The van der Waals surface area contributed by atoms with Crippen LogP contribution in [0.2, 0.25) is 0 Å². The second kappa shape index (κ2) is 11.5. The Labute approximate surface area is 147 Å². The summed E-state index contributed by atoms with van der Waals surface area (Å²) in [6.07, 6.45) is 0. The third-order valence-electron chi connectivity index (χ3n) is 3.59. The lowest BCUT2D eigenvalue weighted by molar-refractivity contribution is -0.0514. The van der Waals surface area contributed by atoms with Crippen LogP contribution in [0.5, 0.6) is 11.5 Å². The second-order valence-electron chi connectivity index (χ2n) is 5.23. The largest absolute Gasteiger partial charge is 0.490 e. The Hall–Kier alpha value is -2.09. The number of carbonyl (C=O) groups is 1. The van der Waals surface area contributed by atoms with Gasteiger partial charge >= 0.3 is 12.6 Å². The van der Waals surface area contributed by atoms with Gasteiger partial charge in [0, 0.05) is 19.6 Å². The van der Waals surface area contributed by atoms with Crippen molar-refractivity contribution < 1.29 is 23.0 Å². The number of amides is 2. The monoisotopic (exact) mass is 359 g/mol. The van der Waals surface area contributed by atoms with E-state index in [0.29, 0.717) is 13.2 Å². The highest BCUT2D eigenvalue weighted by molar-refractivity contribution is 5.73. The Balaban J connectivity index is 2.50. The van der Waals surface area contributed by atoms with E-state index < -0.39 is 6.61 Å². The van der Waals surface area contributed by atoms with Gasteiger partial charge in [0.2, 0.25) is 0 Å². The predicted octanol–water partition coefficient (Wildman–Crippen LogP) is 2.83. The van der Waals surface area contributed by atoms with Crippen LogP contribution in [0.1, 0.15) is 26.3 Å². The van der Waals surface area contributed by atoms with Gasteiger partial charge < -0.3 is 25.0 Å². The van der Waals surface area contributed by atoms with Gasteiger partial charge in [-0.3, -0.25) is 0 Å². The van der Waals surface area contributed by atoms with E-state index in [1.54, 1.807) is 19.1 Å². The Kier molecular flexibility index (Phi) is 9.61. The summed E-state index contributed by atoms with van der Waals surface area (Å²) in [7, 11) is 0. The van der Waals surface area contributed by atoms with Crippen molar-refractivity contribution in [2.45, 2.75) is 33.9 Å². The van der Waals surface area contributed by atoms with Crippen LogP contribution in [0.25, 0.3) is 0 Å². The number of hydrogen-bond acceptors (Lipinski definition) is 4. The first-order chi connectivity index (χ1) is 12.0. The lowest BCUT2D eigenvalue weighted by atomic mass is 10.2. The number of ether oxygens (including phenoxy) is 2. The molecule has 0 spiro atoms. The third kappa shape index (κ3) is 8.02. The van der Waals surface area contributed by atoms with E-state index >= 15 is 0 Å². The molecule has 0 aliphatic heterocycles. The predicted molar refractivity (Wildman–Crippen MR) is 92.3 cm³/mol. The molecule has 0 saturated carbocycles. The normalized spacial score (nSPS) is 10.8. The number of nitrogens with zero attached hydrogens (tertiary/aromatic N) is 1. The summed E-state index contributed by atoms with van der Waals surface area (Å²) in [5.74, 6) is 0.202. The maximum absolute atomic E-state index is 12.4. The summed E-state index contributed by atoms with van der Waals surface area (Å²) >= 11 is 0. The van der Waals surface area contributed by atoms with Crippen molar-refractivity contribution in [2.75, 3.05) is 32.8 Å². The van der Waals surface area contributed by atoms with E-state index in [9.17, 15) is 13.6 Å². The highest BCUT2D eigenvalue weighted by atomic mass is 19.3. The second-order valence-corrected chi connectivity index (χ2v) is 5.23. The maximum atomic E-state index is 12.4. The molecule has 0 saturated heterocycles. The summed E-state index contributed by atoms with van der Waals surface area (Å²) in [5.41, 5.74) is 0.726. The molecule has 0 aliphatic rings. The molecule has 8 heteroatoms. The molecule has 0 aromatic heterocycles. The molecule has 0 bridgehead atoms. The van der Waals surface area contributed by atoms with Crippen LogP contribution in [0.3, 0.4) is 0 Å². The highest BCUT2D eigenvalue weighted by Crippen LogP contribution is 2.29. The Morgan fingerprint density at radius 1 is 1.16 bits per heavy atom. The van der Waals surface area contributed by atoms with Gasteiger partial charge in [0.05, 0.1) is 6.61 Å². The van der Waals surface area contributed by atoms with Crippen LogP contribution in [-0.4, -0.2) is 50.3 Å². The van der Waals surface area contributed by atoms with E-state index in [0.717, 1.165) is 25.2 Å². The number of rotatable bonds is 11. The van der Waals surface area contributed by atoms with E-state index in [1.807, 2.05) is 0 Å². The van der Waals surface area contributed by atoms with Gasteiger partial charge in [0.1, 0.15) is 0 Å². The number of alkyl halides is 2. The standard InChI is InChI=1S/C17H27F2N3O3/c1-4-22(5-2)10-9-20-17(23)21-12-13-7-8-14(25-16(18)19)15(11-13)24-6-3/h7-8,11,16H,4-6,9-10,12H2,1-3H3,(H2,20,21,23). The molecule has 0 radical (unpaired) electrons. The summed E-state index contributed by atoms with van der Waals surface area (Å²) in [4.78, 5) is 14.0. The molecule has 142 valence electrons. The Morgan fingerprint density at radius 2 is 1.88 bits per heavy atom. The van der Waals surface area contributed by atoms with E-state index in [2.05, 4.69) is 34.1 Å². The van der Waals surface area contributed by atoms with Gasteiger partial charge in [-0.05, 0) is 37.7 Å². The molecule has 2 amide bonds. The number of hydrogen-bond donors (Lipinski definition) is 2. The van der Waals surface area contributed by atoms with Gasteiger partial charge in [0.25, 0.3) is 0 Å². The van der Waals surface area contributed by atoms with E-state index in [1.165, 1.54) is 6.07 Å². The number of nitrogens with one attached hydrogen (secondary N) is 2. The fraction of sp³-hybridized carbons (Fsp3) is 0.588. The first-order valence-corrected chi connectivity index (χ1v) is 8.44. The minimum Gasteiger partial charge on any atom is -0.490 e. The van der Waals surface area contributed by atoms with E-state index in [4.69, 9.17) is 4.74 Å². The molecular formula is C17H27F2N3O3. The molecule has 2 N–H and O–H groups in total. The molecule has 0 fully saturated rings. The number of halogens is 2. The molecule has 0 heterocycles. The van der Waals surface area contributed by atoms with Crippen molar-refractivity contribution in [3.05, 3.63) is 23.8 Å². The topological polar surface area (TPSA) is 62.8 Å². The zero-order valence-electron chi connectivity index (χ0n) is 15.0. The van der Waals surface area contributed by atoms with Crippen LogP contribution in [0, 0.1) is 0 Å². The molecule has 1 aromatic carbocycles. The van der Waals surface area contributed by atoms with Crippen molar-refractivity contribution in [1.29, 1.82) is 0 Å². The molecule has 0 unspecified atom stereocenters. The van der Waals surface area contributed by atoms with Crippen molar-refractivity contribution in [3.63, 3.8) is 0 Å². The van der Waals surface area contributed by atoms with Gasteiger partial charge in [-0.2, -0.15) is 8.78 Å². The summed E-state index contributed by atoms with van der Waals surface area (Å²) < 4.78 is 34.5. The van der Waals surface area contributed by atoms with Crippen LogP contribution in [0.4, 0.5) is 13.6 Å². The van der Waals surface area contributed by atoms with E-state index in [-0.39, 0.29) is 24.1 Å². The summed E-state index contributed by atoms with van der Waals surface area (Å²) in [5, 5.41) is 5.51. The van der Waals surface area contributed by atoms with Gasteiger partial charge in [-0.25, -0.2) is 4.79 Å². The number of carbonyl (C=O) groups excluding carboxylic acids is 1. The fourth-order valence-corrected chi connectivity index (χ4v) is 2.24. The maximum Gasteiger partial charge on any atom is 0.387 e. The zero-order valence-corrected chi connectivity index (χ0v) is 15.0. The van der Waals surface area contributed by atoms with Gasteiger partial charge in [-0.15, -0.1) is 0 Å².